The van der Waals surface area contributed by atoms with Crippen LogP contribution in [0, 0.1) is 6.92 Å². The molecule has 0 aliphatic carbocycles. The Labute approximate surface area is 204 Å². The second-order valence-corrected chi connectivity index (χ2v) is 8.39. The lowest BCUT2D eigenvalue weighted by atomic mass is 9.72. The van der Waals surface area contributed by atoms with Crippen molar-refractivity contribution in [3.05, 3.63) is 35.4 Å². The summed E-state index contributed by atoms with van der Waals surface area (Å²) in [5.41, 5.74) is 2.81. The lowest BCUT2D eigenvalue weighted by Gasteiger charge is -2.37. The van der Waals surface area contributed by atoms with Crippen LogP contribution in [0.25, 0.3) is 0 Å². The van der Waals surface area contributed by atoms with Gasteiger partial charge in [0.15, 0.2) is 5.96 Å². The van der Waals surface area contributed by atoms with Gasteiger partial charge in [0, 0.05) is 44.9 Å². The predicted octanol–water partition coefficient (Wildman–Crippen LogP) is 3.80. The molecule has 1 aromatic rings. The van der Waals surface area contributed by atoms with E-state index < -0.39 is 0 Å². The fourth-order valence-electron chi connectivity index (χ4n) is 4.39. The van der Waals surface area contributed by atoms with Gasteiger partial charge in [-0.25, -0.2) is 0 Å². The van der Waals surface area contributed by atoms with Crippen molar-refractivity contribution < 1.29 is 14.2 Å². The Balaban J connectivity index is 0.00000341. The van der Waals surface area contributed by atoms with Crippen LogP contribution in [0.2, 0.25) is 0 Å². The Morgan fingerprint density at radius 1 is 1.19 bits per heavy atom. The fourth-order valence-corrected chi connectivity index (χ4v) is 4.39. The van der Waals surface area contributed by atoms with E-state index in [0.29, 0.717) is 6.10 Å². The molecule has 1 unspecified atom stereocenters. The molecule has 2 aliphatic heterocycles. The Morgan fingerprint density at radius 3 is 2.71 bits per heavy atom. The molecule has 6 nitrogen and oxygen atoms in total. The molecule has 3 rings (SSSR count). The van der Waals surface area contributed by atoms with Crippen molar-refractivity contribution in [2.45, 2.75) is 57.5 Å². The molecule has 0 bridgehead atoms. The zero-order valence-electron chi connectivity index (χ0n) is 19.2. The van der Waals surface area contributed by atoms with Gasteiger partial charge < -0.3 is 24.8 Å². The highest BCUT2D eigenvalue weighted by atomic mass is 127. The van der Waals surface area contributed by atoms with Crippen molar-refractivity contribution in [1.82, 2.24) is 10.6 Å². The van der Waals surface area contributed by atoms with Gasteiger partial charge in [0.1, 0.15) is 0 Å². The summed E-state index contributed by atoms with van der Waals surface area (Å²) < 4.78 is 17.0. The van der Waals surface area contributed by atoms with Gasteiger partial charge in [-0.3, -0.25) is 4.99 Å². The minimum Gasteiger partial charge on any atom is -0.381 e. The first-order valence-electron chi connectivity index (χ1n) is 11.6. The molecule has 0 aromatic heterocycles. The highest BCUT2D eigenvalue weighted by Gasteiger charge is 2.35. The predicted molar refractivity (Wildman–Crippen MR) is 137 cm³/mol. The van der Waals surface area contributed by atoms with Crippen molar-refractivity contribution >= 4 is 29.9 Å². The molecule has 7 heteroatoms. The molecule has 2 aliphatic rings. The third kappa shape index (κ3) is 8.18. The molecular weight excluding hydrogens is 505 g/mol. The first kappa shape index (κ1) is 26.4. The largest absolute Gasteiger partial charge is 0.381 e. The summed E-state index contributed by atoms with van der Waals surface area (Å²) in [6, 6.07) is 8.73. The quantitative estimate of drug-likeness (QED) is 0.203. The highest BCUT2D eigenvalue weighted by Crippen LogP contribution is 2.37. The number of rotatable bonds is 10. The van der Waals surface area contributed by atoms with Gasteiger partial charge in [0.05, 0.1) is 19.3 Å². The number of hydrogen-bond donors (Lipinski definition) is 2. The summed E-state index contributed by atoms with van der Waals surface area (Å²) in [4.78, 5) is 4.99. The summed E-state index contributed by atoms with van der Waals surface area (Å²) in [7, 11) is 0. The van der Waals surface area contributed by atoms with E-state index in [9.17, 15) is 0 Å². The molecule has 0 spiro atoms. The molecule has 0 radical (unpaired) electrons. The first-order valence-corrected chi connectivity index (χ1v) is 11.6. The van der Waals surface area contributed by atoms with Crippen LogP contribution in [-0.4, -0.2) is 64.7 Å². The van der Waals surface area contributed by atoms with Crippen LogP contribution < -0.4 is 10.6 Å². The molecule has 0 saturated carbocycles. The zero-order chi connectivity index (χ0) is 21.1. The normalized spacial score (nSPS) is 20.8. The standard InChI is InChI=1S/C24H39N3O3.HI/c1-3-25-23(26-13-7-14-29-18-21-9-6-15-30-21)27-19-24(11-16-28-17-12-24)22-10-5-4-8-20(22)2;/h4-5,8,10,21H,3,6-7,9,11-19H2,1-2H3,(H2,25,26,27);1H. The third-order valence-electron chi connectivity index (χ3n) is 6.14. The van der Waals surface area contributed by atoms with E-state index in [2.05, 4.69) is 48.7 Å². The van der Waals surface area contributed by atoms with E-state index in [1.54, 1.807) is 0 Å². The number of benzene rings is 1. The maximum Gasteiger partial charge on any atom is 0.191 e. The number of guanidine groups is 1. The Kier molecular flexibility index (Phi) is 12.1. The van der Waals surface area contributed by atoms with Crippen LogP contribution in [-0.2, 0) is 19.6 Å². The van der Waals surface area contributed by atoms with Crippen LogP contribution in [0.1, 0.15) is 50.2 Å². The van der Waals surface area contributed by atoms with Crippen LogP contribution in [0.3, 0.4) is 0 Å². The summed E-state index contributed by atoms with van der Waals surface area (Å²) in [5.74, 6) is 0.885. The first-order chi connectivity index (χ1) is 14.7. The Morgan fingerprint density at radius 2 is 2.00 bits per heavy atom. The Hall–Kier alpha value is -0.900. The average Bonchev–Trinajstić information content (AvgIpc) is 3.29. The molecular formula is C24H40IN3O3. The number of aliphatic imine (C=N–C) groups is 1. The molecule has 0 amide bonds. The summed E-state index contributed by atoms with van der Waals surface area (Å²) in [6.07, 6.45) is 5.56. The minimum atomic E-state index is 0. The molecule has 2 heterocycles. The smallest absolute Gasteiger partial charge is 0.191 e. The minimum absolute atomic E-state index is 0. The second kappa shape index (κ2) is 14.3. The molecule has 1 aromatic carbocycles. The maximum atomic E-state index is 5.76. The lowest BCUT2D eigenvalue weighted by molar-refractivity contribution is 0.0168. The van der Waals surface area contributed by atoms with E-state index in [0.717, 1.165) is 90.7 Å². The lowest BCUT2D eigenvalue weighted by Crippen LogP contribution is -2.42. The van der Waals surface area contributed by atoms with Crippen molar-refractivity contribution in [2.75, 3.05) is 52.7 Å². The van der Waals surface area contributed by atoms with Crippen molar-refractivity contribution in [2.24, 2.45) is 4.99 Å². The van der Waals surface area contributed by atoms with Gasteiger partial charge in [-0.1, -0.05) is 24.3 Å². The SMILES string of the molecule is CCNC(=NCC1(c2ccccc2C)CCOCC1)NCCCOCC1CCCO1.I. The third-order valence-corrected chi connectivity index (χ3v) is 6.14. The van der Waals surface area contributed by atoms with E-state index >= 15 is 0 Å². The van der Waals surface area contributed by atoms with E-state index in [1.807, 2.05) is 0 Å². The van der Waals surface area contributed by atoms with Gasteiger partial charge in [-0.2, -0.15) is 0 Å². The highest BCUT2D eigenvalue weighted by molar-refractivity contribution is 14.0. The number of hydrogen-bond acceptors (Lipinski definition) is 4. The number of halogens is 1. The van der Waals surface area contributed by atoms with E-state index in [-0.39, 0.29) is 29.4 Å². The van der Waals surface area contributed by atoms with Crippen LogP contribution in [0.15, 0.2) is 29.3 Å². The van der Waals surface area contributed by atoms with Crippen LogP contribution in [0.4, 0.5) is 0 Å². The average molecular weight is 546 g/mol. The molecule has 2 saturated heterocycles. The summed E-state index contributed by atoms with van der Waals surface area (Å²) in [6.45, 7) is 10.7. The molecule has 31 heavy (non-hydrogen) atoms. The van der Waals surface area contributed by atoms with Gasteiger partial charge in [0.25, 0.3) is 0 Å². The van der Waals surface area contributed by atoms with Crippen LogP contribution in [0.5, 0.6) is 0 Å². The number of aryl methyl sites for hydroxylation is 1. The maximum absolute atomic E-state index is 5.76. The van der Waals surface area contributed by atoms with Crippen molar-refractivity contribution in [3.63, 3.8) is 0 Å². The number of nitrogens with zero attached hydrogens (tertiary/aromatic N) is 1. The van der Waals surface area contributed by atoms with E-state index in [1.165, 1.54) is 11.1 Å². The molecule has 1 atom stereocenters. The summed E-state index contributed by atoms with van der Waals surface area (Å²) >= 11 is 0. The van der Waals surface area contributed by atoms with Crippen LogP contribution >= 0.6 is 24.0 Å². The number of ether oxygens (including phenoxy) is 3. The van der Waals surface area contributed by atoms with E-state index in [4.69, 9.17) is 19.2 Å². The van der Waals surface area contributed by atoms with Gasteiger partial charge in [-0.15, -0.1) is 24.0 Å². The molecule has 2 fully saturated rings. The zero-order valence-corrected chi connectivity index (χ0v) is 21.5. The van der Waals surface area contributed by atoms with Crippen molar-refractivity contribution in [3.8, 4) is 0 Å². The fraction of sp³-hybridized carbons (Fsp3) is 0.708. The molecule has 2 N–H and O–H groups in total. The second-order valence-electron chi connectivity index (χ2n) is 8.39. The van der Waals surface area contributed by atoms with Gasteiger partial charge in [0.2, 0.25) is 0 Å². The molecule has 176 valence electrons. The number of nitrogens with one attached hydrogen (secondary N) is 2. The van der Waals surface area contributed by atoms with Gasteiger partial charge in [-0.05, 0) is 57.1 Å². The topological polar surface area (TPSA) is 64.1 Å². The monoisotopic (exact) mass is 545 g/mol. The van der Waals surface area contributed by atoms with Crippen molar-refractivity contribution in [1.29, 1.82) is 0 Å². The van der Waals surface area contributed by atoms with Gasteiger partial charge >= 0.3 is 0 Å². The Bertz CT molecular complexity index is 659. The summed E-state index contributed by atoms with van der Waals surface area (Å²) in [5, 5.41) is 6.86.